The molecular formula is C18H28N2O4. The Morgan fingerprint density at radius 1 is 1.25 bits per heavy atom. The molecule has 1 aromatic carbocycles. The van der Waals surface area contributed by atoms with Crippen LogP contribution in [0.4, 0.5) is 16.2 Å². The van der Waals surface area contributed by atoms with Gasteiger partial charge in [-0.25, -0.2) is 4.79 Å². The van der Waals surface area contributed by atoms with Crippen LogP contribution in [0.2, 0.25) is 0 Å². The smallest absolute Gasteiger partial charge is 0.412 e. The van der Waals surface area contributed by atoms with Crippen LogP contribution in [-0.2, 0) is 9.47 Å². The highest BCUT2D eigenvalue weighted by Gasteiger charge is 2.18. The summed E-state index contributed by atoms with van der Waals surface area (Å²) in [7, 11) is 1.62. The summed E-state index contributed by atoms with van der Waals surface area (Å²) in [4.78, 5) is 12.0. The van der Waals surface area contributed by atoms with Crippen molar-refractivity contribution in [2.75, 3.05) is 37.5 Å². The molecule has 24 heavy (non-hydrogen) atoms. The highest BCUT2D eigenvalue weighted by atomic mass is 16.6. The normalized spacial score (nSPS) is 15.7. The Kier molecular flexibility index (Phi) is 6.31. The van der Waals surface area contributed by atoms with E-state index in [4.69, 9.17) is 14.2 Å². The van der Waals surface area contributed by atoms with Crippen LogP contribution < -0.4 is 15.4 Å². The number of nitrogens with one attached hydrogen (secondary N) is 2. The maximum Gasteiger partial charge on any atom is 0.412 e. The highest BCUT2D eigenvalue weighted by molar-refractivity contribution is 5.90. The van der Waals surface area contributed by atoms with E-state index in [1.54, 1.807) is 7.11 Å². The van der Waals surface area contributed by atoms with Gasteiger partial charge in [0.1, 0.15) is 11.4 Å². The molecule has 6 heteroatoms. The maximum atomic E-state index is 12.0. The van der Waals surface area contributed by atoms with E-state index in [0.717, 1.165) is 44.0 Å². The van der Waals surface area contributed by atoms with Crippen LogP contribution in [-0.4, -0.2) is 38.6 Å². The molecule has 0 atom stereocenters. The third-order valence-electron chi connectivity index (χ3n) is 3.78. The van der Waals surface area contributed by atoms with Crippen molar-refractivity contribution in [3.8, 4) is 5.75 Å². The number of methoxy groups -OCH3 is 1. The zero-order valence-electron chi connectivity index (χ0n) is 15.0. The number of benzene rings is 1. The van der Waals surface area contributed by atoms with E-state index in [-0.39, 0.29) is 0 Å². The minimum absolute atomic E-state index is 0.471. The first-order valence-corrected chi connectivity index (χ1v) is 8.37. The minimum atomic E-state index is -0.535. The van der Waals surface area contributed by atoms with Crippen molar-refractivity contribution in [1.29, 1.82) is 0 Å². The standard InChI is InChI=1S/C18H28N2O4/c1-18(2,3)24-17(21)20-15-6-5-14(22-4)11-16(15)19-12-13-7-9-23-10-8-13/h5-6,11,13,19H,7-10,12H2,1-4H3,(H,20,21). The summed E-state index contributed by atoms with van der Waals surface area (Å²) < 4.78 is 16.0. The average molecular weight is 336 g/mol. The SMILES string of the molecule is COc1ccc(NC(=O)OC(C)(C)C)c(NCC2CCOCC2)c1. The van der Waals surface area contributed by atoms with E-state index in [1.165, 1.54) is 0 Å². The van der Waals surface area contributed by atoms with Crippen molar-refractivity contribution >= 4 is 17.5 Å². The molecule has 0 aromatic heterocycles. The number of rotatable bonds is 5. The largest absolute Gasteiger partial charge is 0.497 e. The molecule has 0 saturated carbocycles. The third kappa shape index (κ3) is 5.92. The van der Waals surface area contributed by atoms with Crippen LogP contribution in [0.5, 0.6) is 5.75 Å². The van der Waals surface area contributed by atoms with Gasteiger partial charge in [0.2, 0.25) is 0 Å². The van der Waals surface area contributed by atoms with Gasteiger partial charge in [-0.2, -0.15) is 0 Å². The number of carbonyl (C=O) groups excluding carboxylic acids is 1. The average Bonchev–Trinajstić information content (AvgIpc) is 2.53. The first kappa shape index (κ1) is 18.4. The Bertz CT molecular complexity index is 548. The van der Waals surface area contributed by atoms with E-state index >= 15 is 0 Å². The summed E-state index contributed by atoms with van der Waals surface area (Å²) in [6.07, 6.45) is 1.62. The summed E-state index contributed by atoms with van der Waals surface area (Å²) in [5.41, 5.74) is 0.968. The van der Waals surface area contributed by atoms with Gasteiger partial charge in [0.25, 0.3) is 0 Å². The number of anilines is 2. The lowest BCUT2D eigenvalue weighted by molar-refractivity contribution is 0.0636. The molecule has 0 aliphatic carbocycles. The number of hydrogen-bond donors (Lipinski definition) is 2. The van der Waals surface area contributed by atoms with E-state index < -0.39 is 11.7 Å². The molecule has 1 heterocycles. The number of hydrogen-bond acceptors (Lipinski definition) is 5. The van der Waals surface area contributed by atoms with Gasteiger partial charge in [-0.1, -0.05) is 0 Å². The van der Waals surface area contributed by atoms with Crippen LogP contribution >= 0.6 is 0 Å². The third-order valence-corrected chi connectivity index (χ3v) is 3.78. The van der Waals surface area contributed by atoms with Crippen molar-refractivity contribution in [3.05, 3.63) is 18.2 Å². The molecule has 6 nitrogen and oxygen atoms in total. The molecule has 1 aliphatic heterocycles. The van der Waals surface area contributed by atoms with Crippen LogP contribution in [0.25, 0.3) is 0 Å². The molecule has 1 aliphatic rings. The Morgan fingerprint density at radius 3 is 2.58 bits per heavy atom. The lowest BCUT2D eigenvalue weighted by Crippen LogP contribution is -2.28. The van der Waals surface area contributed by atoms with Gasteiger partial charge in [0.05, 0.1) is 18.5 Å². The Morgan fingerprint density at radius 2 is 1.96 bits per heavy atom. The van der Waals surface area contributed by atoms with E-state index in [0.29, 0.717) is 11.6 Å². The molecule has 0 radical (unpaired) electrons. The fourth-order valence-corrected chi connectivity index (χ4v) is 2.52. The van der Waals surface area contributed by atoms with E-state index in [1.807, 2.05) is 39.0 Å². The highest BCUT2D eigenvalue weighted by Crippen LogP contribution is 2.28. The maximum absolute atomic E-state index is 12.0. The van der Waals surface area contributed by atoms with Crippen molar-refractivity contribution in [3.63, 3.8) is 0 Å². The first-order chi connectivity index (χ1) is 11.4. The van der Waals surface area contributed by atoms with Crippen molar-refractivity contribution < 1.29 is 19.0 Å². The molecule has 0 bridgehead atoms. The Hall–Kier alpha value is -1.95. The van der Waals surface area contributed by atoms with E-state index in [2.05, 4.69) is 10.6 Å². The topological polar surface area (TPSA) is 68.8 Å². The summed E-state index contributed by atoms with van der Waals surface area (Å²) in [6, 6.07) is 5.51. The minimum Gasteiger partial charge on any atom is -0.497 e. The van der Waals surface area contributed by atoms with Gasteiger partial charge in [0, 0.05) is 25.8 Å². The molecule has 1 aromatic rings. The van der Waals surface area contributed by atoms with Crippen molar-refractivity contribution in [2.45, 2.75) is 39.2 Å². The molecule has 2 rings (SSSR count). The molecule has 1 amide bonds. The molecule has 134 valence electrons. The van der Waals surface area contributed by atoms with Crippen LogP contribution in [0.3, 0.4) is 0 Å². The zero-order chi connectivity index (χ0) is 17.6. The first-order valence-electron chi connectivity index (χ1n) is 8.37. The number of carbonyl (C=O) groups is 1. The van der Waals surface area contributed by atoms with Crippen LogP contribution in [0.15, 0.2) is 18.2 Å². The summed E-state index contributed by atoms with van der Waals surface area (Å²) in [5, 5.41) is 6.22. The van der Waals surface area contributed by atoms with Gasteiger partial charge >= 0.3 is 6.09 Å². The molecule has 1 saturated heterocycles. The predicted molar refractivity (Wildman–Crippen MR) is 94.9 cm³/mol. The number of ether oxygens (including phenoxy) is 3. The van der Waals surface area contributed by atoms with Gasteiger partial charge in [0.15, 0.2) is 0 Å². The van der Waals surface area contributed by atoms with Gasteiger partial charge in [-0.05, 0) is 51.7 Å². The second-order valence-corrected chi connectivity index (χ2v) is 6.98. The van der Waals surface area contributed by atoms with Crippen LogP contribution in [0.1, 0.15) is 33.6 Å². The van der Waals surface area contributed by atoms with Gasteiger partial charge in [-0.3, -0.25) is 5.32 Å². The molecule has 2 N–H and O–H groups in total. The zero-order valence-corrected chi connectivity index (χ0v) is 15.0. The van der Waals surface area contributed by atoms with Crippen molar-refractivity contribution in [2.24, 2.45) is 5.92 Å². The predicted octanol–water partition coefficient (Wildman–Crippen LogP) is 3.88. The molecule has 1 fully saturated rings. The van der Waals surface area contributed by atoms with Gasteiger partial charge in [-0.15, -0.1) is 0 Å². The summed E-state index contributed by atoms with van der Waals surface area (Å²) in [6.45, 7) is 7.97. The molecule has 0 spiro atoms. The summed E-state index contributed by atoms with van der Waals surface area (Å²) >= 11 is 0. The van der Waals surface area contributed by atoms with Crippen molar-refractivity contribution in [1.82, 2.24) is 0 Å². The second kappa shape index (κ2) is 8.24. The summed E-state index contributed by atoms with van der Waals surface area (Å²) in [5.74, 6) is 1.30. The van der Waals surface area contributed by atoms with E-state index in [9.17, 15) is 4.79 Å². The molecular weight excluding hydrogens is 308 g/mol. The quantitative estimate of drug-likeness (QED) is 0.854. The Labute approximate surface area is 143 Å². The lowest BCUT2D eigenvalue weighted by atomic mass is 10.0. The fraction of sp³-hybridized carbons (Fsp3) is 0.611. The fourth-order valence-electron chi connectivity index (χ4n) is 2.52. The Balaban J connectivity index is 2.04. The van der Waals surface area contributed by atoms with Gasteiger partial charge < -0.3 is 19.5 Å². The lowest BCUT2D eigenvalue weighted by Gasteiger charge is -2.24. The number of amides is 1. The second-order valence-electron chi connectivity index (χ2n) is 6.98. The molecule has 0 unspecified atom stereocenters. The monoisotopic (exact) mass is 336 g/mol. The van der Waals surface area contributed by atoms with Crippen LogP contribution in [0, 0.1) is 5.92 Å².